The van der Waals surface area contributed by atoms with Gasteiger partial charge in [0, 0.05) is 22.2 Å². The van der Waals surface area contributed by atoms with E-state index < -0.39 is 10.0 Å². The minimum absolute atomic E-state index is 0.129. The van der Waals surface area contributed by atoms with Gasteiger partial charge in [0.2, 0.25) is 5.91 Å². The molecule has 0 spiro atoms. The monoisotopic (exact) mass is 578 g/mol. The van der Waals surface area contributed by atoms with Crippen molar-refractivity contribution >= 4 is 56.7 Å². The highest BCUT2D eigenvalue weighted by Gasteiger charge is 2.27. The summed E-state index contributed by atoms with van der Waals surface area (Å²) in [6, 6.07) is 21.1. The zero-order valence-electron chi connectivity index (χ0n) is 20.9. The minimum atomic E-state index is -3.97. The Labute approximate surface area is 233 Å². The second-order valence-electron chi connectivity index (χ2n) is 8.00. The molecule has 0 bridgehead atoms. The van der Waals surface area contributed by atoms with E-state index in [1.807, 2.05) is 37.4 Å². The molecule has 6 nitrogen and oxygen atoms in total. The average molecular weight is 579 g/mol. The van der Waals surface area contributed by atoms with Gasteiger partial charge in [-0.2, -0.15) is 11.8 Å². The van der Waals surface area contributed by atoms with E-state index in [-0.39, 0.29) is 17.3 Å². The second kappa shape index (κ2) is 14.6. The number of rotatable bonds is 14. The zero-order valence-corrected chi connectivity index (χ0v) is 24.1. The lowest BCUT2D eigenvalue weighted by Crippen LogP contribution is -2.41. The number of thioether (sulfide) groups is 2. The van der Waals surface area contributed by atoms with Crippen LogP contribution in [0.1, 0.15) is 18.9 Å². The Kier molecular flexibility index (Phi) is 11.5. The molecule has 0 aromatic heterocycles. The fraction of sp³-hybridized carbons (Fsp3) is 0.296. The largest absolute Gasteiger partial charge is 0.494 e. The Morgan fingerprint density at radius 2 is 1.78 bits per heavy atom. The maximum absolute atomic E-state index is 13.5. The number of ether oxygens (including phenoxy) is 1. The van der Waals surface area contributed by atoms with Crippen molar-refractivity contribution < 1.29 is 17.9 Å². The first-order valence-electron chi connectivity index (χ1n) is 11.8. The number of anilines is 1. The molecule has 0 atom stereocenters. The third kappa shape index (κ3) is 8.88. The number of sulfonamides is 1. The van der Waals surface area contributed by atoms with Gasteiger partial charge < -0.3 is 10.1 Å². The molecule has 198 valence electrons. The van der Waals surface area contributed by atoms with Gasteiger partial charge in [-0.1, -0.05) is 23.7 Å². The molecule has 0 aliphatic carbocycles. The van der Waals surface area contributed by atoms with E-state index in [9.17, 15) is 13.2 Å². The Balaban J connectivity index is 1.62. The van der Waals surface area contributed by atoms with Crippen LogP contribution in [0.3, 0.4) is 0 Å². The highest BCUT2D eigenvalue weighted by atomic mass is 35.5. The van der Waals surface area contributed by atoms with Gasteiger partial charge in [0.05, 0.1) is 17.2 Å². The predicted octanol–water partition coefficient (Wildman–Crippen LogP) is 6.10. The summed E-state index contributed by atoms with van der Waals surface area (Å²) < 4.78 is 33.7. The summed E-state index contributed by atoms with van der Waals surface area (Å²) in [5, 5.41) is 3.58. The van der Waals surface area contributed by atoms with Gasteiger partial charge in [0.1, 0.15) is 12.3 Å². The summed E-state index contributed by atoms with van der Waals surface area (Å²) in [4.78, 5) is 13.9. The normalized spacial score (nSPS) is 11.2. The van der Waals surface area contributed by atoms with Crippen LogP contribution in [0.5, 0.6) is 5.75 Å². The molecular weight excluding hydrogens is 548 g/mol. The van der Waals surface area contributed by atoms with E-state index in [0.717, 1.165) is 37.7 Å². The molecule has 1 N–H and O–H groups in total. The molecule has 3 rings (SSSR count). The number of benzene rings is 3. The average Bonchev–Trinajstić information content (AvgIpc) is 2.90. The molecule has 0 radical (unpaired) electrons. The van der Waals surface area contributed by atoms with Crippen LogP contribution in [0, 0.1) is 0 Å². The molecule has 0 heterocycles. The number of nitrogens with zero attached hydrogens (tertiary/aromatic N) is 1. The Morgan fingerprint density at radius 1 is 1.05 bits per heavy atom. The fourth-order valence-corrected chi connectivity index (χ4v) is 6.42. The summed E-state index contributed by atoms with van der Waals surface area (Å²) in [5.74, 6) is 1.97. The van der Waals surface area contributed by atoms with E-state index in [2.05, 4.69) is 5.32 Å². The van der Waals surface area contributed by atoms with E-state index in [0.29, 0.717) is 24.6 Å². The number of carbonyl (C=O) groups is 1. The maximum atomic E-state index is 13.5. The fourth-order valence-electron chi connectivity index (χ4n) is 3.47. The van der Waals surface area contributed by atoms with Gasteiger partial charge in [-0.3, -0.25) is 9.10 Å². The van der Waals surface area contributed by atoms with Crippen molar-refractivity contribution in [2.24, 2.45) is 0 Å². The SMILES string of the molecule is CCOc1ccc(N(CC(=O)NCCCSCc2cccc(Cl)c2)S(=O)(=O)c2ccc(SC)cc2)cc1. The topological polar surface area (TPSA) is 75.7 Å². The number of halogens is 1. The van der Waals surface area contributed by atoms with Crippen LogP contribution in [0.15, 0.2) is 82.6 Å². The van der Waals surface area contributed by atoms with Crippen LogP contribution in [0.2, 0.25) is 5.02 Å². The smallest absolute Gasteiger partial charge is 0.264 e. The van der Waals surface area contributed by atoms with Crippen LogP contribution in [-0.4, -0.2) is 46.0 Å². The number of nitrogens with one attached hydrogen (secondary N) is 1. The van der Waals surface area contributed by atoms with E-state index in [4.69, 9.17) is 16.3 Å². The summed E-state index contributed by atoms with van der Waals surface area (Å²) in [6.07, 6.45) is 2.69. The molecule has 0 unspecified atom stereocenters. The molecule has 0 aliphatic rings. The molecule has 0 fully saturated rings. The Bertz CT molecular complexity index is 1250. The first-order chi connectivity index (χ1) is 17.8. The van der Waals surface area contributed by atoms with Gasteiger partial charge in [-0.15, -0.1) is 11.8 Å². The summed E-state index contributed by atoms with van der Waals surface area (Å²) >= 11 is 9.31. The molecule has 10 heteroatoms. The molecule has 0 saturated carbocycles. The van der Waals surface area contributed by atoms with Gasteiger partial charge in [0.15, 0.2) is 0 Å². The van der Waals surface area contributed by atoms with Gasteiger partial charge in [-0.25, -0.2) is 8.42 Å². The van der Waals surface area contributed by atoms with E-state index in [1.165, 1.54) is 11.8 Å². The van der Waals surface area contributed by atoms with Crippen LogP contribution in [0.25, 0.3) is 0 Å². The maximum Gasteiger partial charge on any atom is 0.264 e. The molecule has 1 amide bonds. The number of hydrogen-bond acceptors (Lipinski definition) is 6. The third-order valence-corrected chi connectivity index (χ3v) is 9.20. The third-order valence-electron chi connectivity index (χ3n) is 5.32. The molecule has 3 aromatic rings. The van der Waals surface area contributed by atoms with Crippen molar-refractivity contribution in [1.29, 1.82) is 0 Å². The number of hydrogen-bond donors (Lipinski definition) is 1. The van der Waals surface area contributed by atoms with Crippen LogP contribution in [0.4, 0.5) is 5.69 Å². The van der Waals surface area contributed by atoms with Crippen LogP contribution >= 0.6 is 35.1 Å². The van der Waals surface area contributed by atoms with Crippen LogP contribution < -0.4 is 14.4 Å². The Hall–Kier alpha value is -2.33. The lowest BCUT2D eigenvalue weighted by Gasteiger charge is -2.24. The zero-order chi connectivity index (χ0) is 26.7. The predicted molar refractivity (Wildman–Crippen MR) is 156 cm³/mol. The van der Waals surface area contributed by atoms with Crippen molar-refractivity contribution in [3.8, 4) is 5.75 Å². The standard InChI is InChI=1S/C27H31ClN2O4S3/c1-3-34-24-10-8-23(9-11-24)30(37(32,33)26-14-12-25(35-2)13-15-26)19-27(31)29-16-5-17-36-20-21-6-4-7-22(28)18-21/h4,6-15,18H,3,5,16-17,19-20H2,1-2H3,(H,29,31). The highest BCUT2D eigenvalue weighted by molar-refractivity contribution is 7.98. The Morgan fingerprint density at radius 3 is 2.43 bits per heavy atom. The number of carbonyl (C=O) groups excluding carboxylic acids is 1. The first-order valence-corrected chi connectivity index (χ1v) is 16.0. The van der Waals surface area contributed by atoms with Crippen LogP contribution in [-0.2, 0) is 20.6 Å². The second-order valence-corrected chi connectivity index (χ2v) is 12.3. The lowest BCUT2D eigenvalue weighted by atomic mass is 10.2. The molecule has 0 saturated heterocycles. The summed E-state index contributed by atoms with van der Waals surface area (Å²) in [7, 11) is -3.97. The molecule has 0 aliphatic heterocycles. The van der Waals surface area contributed by atoms with E-state index >= 15 is 0 Å². The quantitative estimate of drug-likeness (QED) is 0.184. The van der Waals surface area contributed by atoms with Gasteiger partial charge >= 0.3 is 0 Å². The van der Waals surface area contributed by atoms with Crippen molar-refractivity contribution in [2.45, 2.75) is 28.9 Å². The van der Waals surface area contributed by atoms with Crippen molar-refractivity contribution in [3.63, 3.8) is 0 Å². The molecule has 3 aromatic carbocycles. The number of amides is 1. The van der Waals surface area contributed by atoms with Crippen molar-refractivity contribution in [1.82, 2.24) is 5.32 Å². The molecule has 37 heavy (non-hydrogen) atoms. The van der Waals surface area contributed by atoms with Crippen molar-refractivity contribution in [2.75, 3.05) is 36.0 Å². The van der Waals surface area contributed by atoms with E-state index in [1.54, 1.807) is 60.3 Å². The van der Waals surface area contributed by atoms with Gasteiger partial charge in [-0.05, 0) is 91.6 Å². The summed E-state index contributed by atoms with van der Waals surface area (Å²) in [5.41, 5.74) is 1.55. The minimum Gasteiger partial charge on any atom is -0.494 e. The molecular formula is C27H31ClN2O4S3. The summed E-state index contributed by atoms with van der Waals surface area (Å²) in [6.45, 7) is 2.52. The lowest BCUT2D eigenvalue weighted by molar-refractivity contribution is -0.119. The first kappa shape index (κ1) is 29.2. The highest BCUT2D eigenvalue weighted by Crippen LogP contribution is 2.27. The van der Waals surface area contributed by atoms with Gasteiger partial charge in [0.25, 0.3) is 10.0 Å². The van der Waals surface area contributed by atoms with Crippen molar-refractivity contribution in [3.05, 3.63) is 83.4 Å².